The quantitative estimate of drug-likeness (QED) is 0.601. The number of alkyl halides is 6. The number of nitrogens with one attached hydrogen (secondary N) is 1. The topological polar surface area (TPSA) is 29.1 Å². The molecule has 1 amide bonds. The van der Waals surface area contributed by atoms with Crippen molar-refractivity contribution in [3.63, 3.8) is 0 Å². The lowest BCUT2D eigenvalue weighted by molar-refractivity contribution is -0.143. The number of thiophene rings is 1. The average Bonchev–Trinajstić information content (AvgIpc) is 3.30. The van der Waals surface area contributed by atoms with E-state index in [4.69, 9.17) is 0 Å². The molecule has 1 saturated carbocycles. The average molecular weight is 421 g/mol. The largest absolute Gasteiger partial charge is 0.416 e. The van der Waals surface area contributed by atoms with Crippen molar-refractivity contribution < 1.29 is 31.1 Å². The summed E-state index contributed by atoms with van der Waals surface area (Å²) < 4.78 is 77.9. The molecule has 1 aromatic carbocycles. The van der Waals surface area contributed by atoms with Crippen LogP contribution in [0, 0.1) is 0 Å². The molecule has 2 aromatic rings. The highest BCUT2D eigenvalue weighted by molar-refractivity contribution is 7.10. The molecule has 0 saturated heterocycles. The molecular formula is C19H17F6NOS. The second-order valence-corrected chi connectivity index (χ2v) is 7.89. The molecular weight excluding hydrogens is 404 g/mol. The van der Waals surface area contributed by atoms with Crippen LogP contribution in [-0.2, 0) is 17.8 Å². The lowest BCUT2D eigenvalue weighted by atomic mass is 9.84. The fraction of sp³-hybridized carbons (Fsp3) is 0.421. The van der Waals surface area contributed by atoms with Crippen molar-refractivity contribution >= 4 is 17.2 Å². The minimum absolute atomic E-state index is 0.0148. The number of hydrogen-bond donors (Lipinski definition) is 1. The van der Waals surface area contributed by atoms with Crippen LogP contribution in [0.2, 0.25) is 0 Å². The third kappa shape index (κ3) is 4.34. The molecule has 9 heteroatoms. The van der Waals surface area contributed by atoms with E-state index in [2.05, 4.69) is 5.32 Å². The Hall–Kier alpha value is -2.03. The second kappa shape index (κ2) is 7.42. The fourth-order valence-corrected chi connectivity index (χ4v) is 4.57. The standard InChI is InChI=1S/C19H17F6NOS/c20-18(21,22)13-8-12(9-14(10-13)19(23,24)25)16(27)26-11-17(5-1-2-6-17)15-4-3-7-28-15/h3-4,7-10H,1-2,5-6,11H2,(H,26,27). The zero-order valence-electron chi connectivity index (χ0n) is 14.6. The van der Waals surface area contributed by atoms with Crippen LogP contribution >= 0.6 is 11.3 Å². The maximum atomic E-state index is 13.0. The highest BCUT2D eigenvalue weighted by atomic mass is 32.1. The van der Waals surface area contributed by atoms with Gasteiger partial charge in [0.05, 0.1) is 11.1 Å². The maximum absolute atomic E-state index is 13.0. The van der Waals surface area contributed by atoms with Gasteiger partial charge in [0.1, 0.15) is 0 Å². The smallest absolute Gasteiger partial charge is 0.351 e. The predicted octanol–water partition coefficient (Wildman–Crippen LogP) is 6.03. The summed E-state index contributed by atoms with van der Waals surface area (Å²) in [6, 6.07) is 4.74. The van der Waals surface area contributed by atoms with Crippen LogP contribution in [0.4, 0.5) is 26.3 Å². The Labute approximate surface area is 161 Å². The number of amides is 1. The minimum atomic E-state index is -4.99. The first kappa shape index (κ1) is 20.7. The van der Waals surface area contributed by atoms with E-state index in [0.717, 1.165) is 30.6 Å². The molecule has 1 fully saturated rings. The van der Waals surface area contributed by atoms with Gasteiger partial charge in [0, 0.05) is 22.4 Å². The third-order valence-electron chi connectivity index (χ3n) is 5.04. The third-order valence-corrected chi connectivity index (χ3v) is 6.16. The SMILES string of the molecule is O=C(NCC1(c2cccs2)CCCC1)c1cc(C(F)(F)F)cc(C(F)(F)F)c1. The first-order valence-electron chi connectivity index (χ1n) is 8.63. The summed E-state index contributed by atoms with van der Waals surface area (Å²) in [4.78, 5) is 13.5. The monoisotopic (exact) mass is 421 g/mol. The minimum Gasteiger partial charge on any atom is -0.351 e. The van der Waals surface area contributed by atoms with Gasteiger partial charge in [-0.2, -0.15) is 26.3 Å². The van der Waals surface area contributed by atoms with Gasteiger partial charge in [0.15, 0.2) is 0 Å². The van der Waals surface area contributed by atoms with Crippen LogP contribution in [0.15, 0.2) is 35.7 Å². The van der Waals surface area contributed by atoms with Crippen molar-refractivity contribution in [3.05, 3.63) is 57.3 Å². The van der Waals surface area contributed by atoms with Gasteiger partial charge in [-0.3, -0.25) is 4.79 Å². The van der Waals surface area contributed by atoms with Crippen molar-refractivity contribution in [2.24, 2.45) is 0 Å². The van der Waals surface area contributed by atoms with Gasteiger partial charge in [0.25, 0.3) is 5.91 Å². The van der Waals surface area contributed by atoms with E-state index in [1.165, 1.54) is 11.3 Å². The Morgan fingerprint density at radius 3 is 2.04 bits per heavy atom. The van der Waals surface area contributed by atoms with Crippen LogP contribution in [0.25, 0.3) is 0 Å². The molecule has 28 heavy (non-hydrogen) atoms. The molecule has 2 nitrogen and oxygen atoms in total. The van der Waals surface area contributed by atoms with E-state index in [9.17, 15) is 31.1 Å². The molecule has 0 aliphatic heterocycles. The van der Waals surface area contributed by atoms with Crippen molar-refractivity contribution in [2.75, 3.05) is 6.54 Å². The molecule has 0 unspecified atom stereocenters. The van der Waals surface area contributed by atoms with E-state index in [1.54, 1.807) is 0 Å². The number of halogens is 6. The van der Waals surface area contributed by atoms with Crippen LogP contribution in [-0.4, -0.2) is 12.5 Å². The Morgan fingerprint density at radius 1 is 1.00 bits per heavy atom. The summed E-state index contributed by atoms with van der Waals surface area (Å²) in [5.74, 6) is -0.945. The Morgan fingerprint density at radius 2 is 1.57 bits per heavy atom. The molecule has 0 atom stereocenters. The van der Waals surface area contributed by atoms with Gasteiger partial charge in [-0.1, -0.05) is 18.9 Å². The molecule has 152 valence electrons. The lowest BCUT2D eigenvalue weighted by Crippen LogP contribution is -2.38. The summed E-state index contributed by atoms with van der Waals surface area (Å²) >= 11 is 1.53. The molecule has 1 aromatic heterocycles. The van der Waals surface area contributed by atoms with Gasteiger partial charge in [-0.25, -0.2) is 0 Å². The number of carbonyl (C=O) groups is 1. The first-order valence-corrected chi connectivity index (χ1v) is 9.51. The van der Waals surface area contributed by atoms with Crippen LogP contribution < -0.4 is 5.32 Å². The van der Waals surface area contributed by atoms with Gasteiger partial charge in [-0.15, -0.1) is 11.3 Å². The van der Waals surface area contributed by atoms with E-state index in [0.29, 0.717) is 12.1 Å². The maximum Gasteiger partial charge on any atom is 0.416 e. The van der Waals surface area contributed by atoms with Crippen molar-refractivity contribution in [3.8, 4) is 0 Å². The molecule has 1 heterocycles. The summed E-state index contributed by atoms with van der Waals surface area (Å²) in [6.07, 6.45) is -6.45. The highest BCUT2D eigenvalue weighted by Gasteiger charge is 2.39. The molecule has 0 bridgehead atoms. The Kier molecular flexibility index (Phi) is 5.49. The summed E-state index contributed by atoms with van der Waals surface area (Å²) in [5.41, 5.74) is -3.97. The molecule has 0 radical (unpaired) electrons. The number of benzene rings is 1. The van der Waals surface area contributed by atoms with Gasteiger partial charge < -0.3 is 5.32 Å². The first-order chi connectivity index (χ1) is 13.0. The Balaban J connectivity index is 1.86. The van der Waals surface area contributed by atoms with Gasteiger partial charge >= 0.3 is 12.4 Å². The van der Waals surface area contributed by atoms with Crippen LogP contribution in [0.1, 0.15) is 52.0 Å². The fourth-order valence-electron chi connectivity index (χ4n) is 3.58. The molecule has 1 N–H and O–H groups in total. The molecule has 1 aliphatic rings. The Bertz CT molecular complexity index is 803. The molecule has 1 aliphatic carbocycles. The van der Waals surface area contributed by atoms with Crippen LogP contribution in [0.3, 0.4) is 0 Å². The predicted molar refractivity (Wildman–Crippen MR) is 93.2 cm³/mol. The van der Waals surface area contributed by atoms with E-state index in [1.807, 2.05) is 17.5 Å². The summed E-state index contributed by atoms with van der Waals surface area (Å²) in [6.45, 7) is 0.171. The molecule has 3 rings (SSSR count). The summed E-state index contributed by atoms with van der Waals surface area (Å²) in [7, 11) is 0. The molecule has 0 spiro atoms. The van der Waals surface area contributed by atoms with Crippen molar-refractivity contribution in [2.45, 2.75) is 43.5 Å². The van der Waals surface area contributed by atoms with E-state index >= 15 is 0 Å². The van der Waals surface area contributed by atoms with Crippen molar-refractivity contribution in [1.82, 2.24) is 5.32 Å². The number of rotatable bonds is 4. The van der Waals surface area contributed by atoms with Gasteiger partial charge in [-0.05, 0) is 42.5 Å². The number of hydrogen-bond acceptors (Lipinski definition) is 2. The van der Waals surface area contributed by atoms with Gasteiger partial charge in [0.2, 0.25) is 0 Å². The zero-order valence-corrected chi connectivity index (χ0v) is 15.4. The van der Waals surface area contributed by atoms with E-state index in [-0.39, 0.29) is 18.0 Å². The number of carbonyl (C=O) groups excluding carboxylic acids is 1. The lowest BCUT2D eigenvalue weighted by Gasteiger charge is -2.28. The van der Waals surface area contributed by atoms with Crippen molar-refractivity contribution in [1.29, 1.82) is 0 Å². The van der Waals surface area contributed by atoms with E-state index < -0.39 is 35.0 Å². The summed E-state index contributed by atoms with van der Waals surface area (Å²) in [5, 5.41) is 4.46. The highest BCUT2D eigenvalue weighted by Crippen LogP contribution is 2.43. The normalized spacial score (nSPS) is 16.9. The zero-order chi connectivity index (χ0) is 20.6. The van der Waals surface area contributed by atoms with Crippen LogP contribution in [0.5, 0.6) is 0 Å². The second-order valence-electron chi connectivity index (χ2n) is 6.94.